The highest BCUT2D eigenvalue weighted by molar-refractivity contribution is 7.89. The smallest absolute Gasteiger partial charge is 0.240 e. The van der Waals surface area contributed by atoms with Gasteiger partial charge in [0, 0.05) is 18.2 Å². The molecule has 0 bridgehead atoms. The van der Waals surface area contributed by atoms with E-state index in [9.17, 15) is 13.2 Å². The first kappa shape index (κ1) is 17.8. The predicted molar refractivity (Wildman–Crippen MR) is 83.9 cm³/mol. The van der Waals surface area contributed by atoms with Crippen LogP contribution < -0.4 is 4.72 Å². The van der Waals surface area contributed by atoms with Crippen molar-refractivity contribution in [3.05, 3.63) is 29.8 Å². The number of Topliss-reactive ketones (excluding diaryl/α,β-unsaturated/α-hetero) is 1. The topological polar surface area (TPSA) is 66.5 Å². The number of hydrogen-bond acceptors (Lipinski definition) is 4. The van der Waals surface area contributed by atoms with Crippen LogP contribution in [0.15, 0.2) is 29.2 Å². The molecule has 0 aliphatic carbocycles. The van der Waals surface area contributed by atoms with Crippen molar-refractivity contribution in [1.82, 2.24) is 9.62 Å². The first-order valence-electron chi connectivity index (χ1n) is 6.92. The maximum absolute atomic E-state index is 12.2. The van der Waals surface area contributed by atoms with Crippen molar-refractivity contribution >= 4 is 15.8 Å². The van der Waals surface area contributed by atoms with E-state index in [1.807, 2.05) is 19.0 Å². The van der Waals surface area contributed by atoms with E-state index in [2.05, 4.69) is 18.6 Å². The molecule has 0 saturated carbocycles. The van der Waals surface area contributed by atoms with Gasteiger partial charge in [0.15, 0.2) is 5.78 Å². The van der Waals surface area contributed by atoms with Crippen molar-refractivity contribution < 1.29 is 13.2 Å². The fourth-order valence-corrected chi connectivity index (χ4v) is 3.21. The highest BCUT2D eigenvalue weighted by atomic mass is 32.2. The Morgan fingerprint density at radius 1 is 1.19 bits per heavy atom. The maximum Gasteiger partial charge on any atom is 0.240 e. The molecule has 1 aromatic carbocycles. The summed E-state index contributed by atoms with van der Waals surface area (Å²) in [6.45, 7) is 5.91. The lowest BCUT2D eigenvalue weighted by Crippen LogP contribution is -2.43. The third-order valence-corrected chi connectivity index (χ3v) is 4.93. The highest BCUT2D eigenvalue weighted by Gasteiger charge is 2.20. The molecule has 0 aromatic heterocycles. The molecule has 1 rings (SSSR count). The SMILES string of the molecule is CC(=O)c1ccc(S(=O)(=O)NCC(C(C)C)N(C)C)cc1. The van der Waals surface area contributed by atoms with E-state index in [1.165, 1.54) is 31.2 Å². The third kappa shape index (κ3) is 4.91. The Bertz CT molecular complexity index is 569. The van der Waals surface area contributed by atoms with Crippen molar-refractivity contribution in [2.24, 2.45) is 5.92 Å². The summed E-state index contributed by atoms with van der Waals surface area (Å²) in [7, 11) is 0.310. The molecule has 0 amide bonds. The number of sulfonamides is 1. The molecule has 1 atom stereocenters. The normalized spacial score (nSPS) is 13.7. The van der Waals surface area contributed by atoms with Crippen LogP contribution in [0.2, 0.25) is 0 Å². The van der Waals surface area contributed by atoms with Gasteiger partial charge in [0.25, 0.3) is 0 Å². The molecular weight excluding hydrogens is 288 g/mol. The van der Waals surface area contributed by atoms with Crippen molar-refractivity contribution in [2.75, 3.05) is 20.6 Å². The molecule has 6 heteroatoms. The number of benzene rings is 1. The van der Waals surface area contributed by atoms with Crippen molar-refractivity contribution in [3.8, 4) is 0 Å². The zero-order valence-electron chi connectivity index (χ0n) is 13.3. The summed E-state index contributed by atoms with van der Waals surface area (Å²) in [5.74, 6) is 0.252. The summed E-state index contributed by atoms with van der Waals surface area (Å²) in [4.78, 5) is 13.4. The second-order valence-electron chi connectivity index (χ2n) is 5.71. The van der Waals surface area contributed by atoms with Gasteiger partial charge < -0.3 is 4.90 Å². The van der Waals surface area contributed by atoms with E-state index in [0.29, 0.717) is 18.0 Å². The molecule has 0 radical (unpaired) electrons. The molecule has 21 heavy (non-hydrogen) atoms. The minimum atomic E-state index is -3.55. The van der Waals surface area contributed by atoms with Gasteiger partial charge in [-0.25, -0.2) is 13.1 Å². The number of likely N-dealkylation sites (N-methyl/N-ethyl adjacent to an activating group) is 1. The molecule has 0 aliphatic rings. The second kappa shape index (κ2) is 7.15. The number of rotatable bonds is 7. The predicted octanol–water partition coefficient (Wildman–Crippen LogP) is 1.75. The Morgan fingerprint density at radius 3 is 2.10 bits per heavy atom. The van der Waals surface area contributed by atoms with E-state index < -0.39 is 10.0 Å². The highest BCUT2D eigenvalue weighted by Crippen LogP contribution is 2.12. The van der Waals surface area contributed by atoms with E-state index in [0.717, 1.165) is 0 Å². The van der Waals surface area contributed by atoms with Gasteiger partial charge in [-0.2, -0.15) is 0 Å². The van der Waals surface area contributed by atoms with Gasteiger partial charge in [0.05, 0.1) is 4.90 Å². The summed E-state index contributed by atoms with van der Waals surface area (Å²) in [6, 6.07) is 6.10. The Hall–Kier alpha value is -1.24. The van der Waals surface area contributed by atoms with Crippen LogP contribution in [0.3, 0.4) is 0 Å². The van der Waals surface area contributed by atoms with Crippen LogP contribution >= 0.6 is 0 Å². The fourth-order valence-electron chi connectivity index (χ4n) is 2.16. The maximum atomic E-state index is 12.2. The van der Waals surface area contributed by atoms with Crippen molar-refractivity contribution in [1.29, 1.82) is 0 Å². The van der Waals surface area contributed by atoms with E-state index in [-0.39, 0.29) is 16.7 Å². The van der Waals surface area contributed by atoms with Crippen molar-refractivity contribution in [2.45, 2.75) is 31.7 Å². The van der Waals surface area contributed by atoms with Gasteiger partial charge in [-0.3, -0.25) is 4.79 Å². The Kier molecular flexibility index (Phi) is 6.07. The van der Waals surface area contributed by atoms with Crippen LogP contribution in [0.1, 0.15) is 31.1 Å². The molecule has 118 valence electrons. The average Bonchev–Trinajstić information content (AvgIpc) is 2.38. The first-order valence-corrected chi connectivity index (χ1v) is 8.40. The number of hydrogen-bond donors (Lipinski definition) is 1. The number of carbonyl (C=O) groups excluding carboxylic acids is 1. The van der Waals surface area contributed by atoms with Gasteiger partial charge >= 0.3 is 0 Å². The standard InChI is InChI=1S/C15H24N2O3S/c1-11(2)15(17(4)5)10-16-21(19,20)14-8-6-13(7-9-14)12(3)18/h6-9,11,15-16H,10H2,1-5H3. The fraction of sp³-hybridized carbons (Fsp3) is 0.533. The zero-order valence-corrected chi connectivity index (χ0v) is 14.1. The van der Waals surface area contributed by atoms with Crippen LogP contribution in [0.25, 0.3) is 0 Å². The Balaban J connectivity index is 2.84. The molecule has 1 unspecified atom stereocenters. The van der Waals surface area contributed by atoms with Crippen molar-refractivity contribution in [3.63, 3.8) is 0 Å². The van der Waals surface area contributed by atoms with E-state index in [4.69, 9.17) is 0 Å². The molecule has 0 saturated heterocycles. The quantitative estimate of drug-likeness (QED) is 0.779. The molecule has 0 spiro atoms. The van der Waals surface area contributed by atoms with Crippen LogP contribution in [0.4, 0.5) is 0 Å². The lowest BCUT2D eigenvalue weighted by molar-refractivity contribution is 0.101. The van der Waals surface area contributed by atoms with E-state index >= 15 is 0 Å². The minimum absolute atomic E-state index is 0.0839. The Labute approximate surface area is 127 Å². The number of carbonyl (C=O) groups is 1. The number of nitrogens with zero attached hydrogens (tertiary/aromatic N) is 1. The Morgan fingerprint density at radius 2 is 1.71 bits per heavy atom. The summed E-state index contributed by atoms with van der Waals surface area (Å²) in [6.07, 6.45) is 0. The molecule has 0 fully saturated rings. The average molecular weight is 312 g/mol. The van der Waals surface area contributed by atoms with E-state index in [1.54, 1.807) is 0 Å². The van der Waals surface area contributed by atoms with Gasteiger partial charge in [-0.1, -0.05) is 26.0 Å². The molecule has 1 aromatic rings. The summed E-state index contributed by atoms with van der Waals surface area (Å²) >= 11 is 0. The zero-order chi connectivity index (χ0) is 16.2. The molecule has 0 heterocycles. The minimum Gasteiger partial charge on any atom is -0.305 e. The van der Waals surface area contributed by atoms with Gasteiger partial charge in [-0.15, -0.1) is 0 Å². The van der Waals surface area contributed by atoms with Gasteiger partial charge in [0.1, 0.15) is 0 Å². The van der Waals surface area contributed by atoms with Crippen LogP contribution in [-0.2, 0) is 10.0 Å². The van der Waals surface area contributed by atoms with Crippen LogP contribution in [0.5, 0.6) is 0 Å². The largest absolute Gasteiger partial charge is 0.305 e. The lowest BCUT2D eigenvalue weighted by atomic mass is 10.0. The summed E-state index contributed by atoms with van der Waals surface area (Å²) in [5, 5.41) is 0. The first-order chi connectivity index (χ1) is 9.65. The van der Waals surface area contributed by atoms with Crippen LogP contribution in [-0.4, -0.2) is 45.8 Å². The monoisotopic (exact) mass is 312 g/mol. The third-order valence-electron chi connectivity index (χ3n) is 3.49. The lowest BCUT2D eigenvalue weighted by Gasteiger charge is -2.28. The van der Waals surface area contributed by atoms with Gasteiger partial charge in [0.2, 0.25) is 10.0 Å². The number of nitrogens with one attached hydrogen (secondary N) is 1. The molecular formula is C15H24N2O3S. The summed E-state index contributed by atoms with van der Waals surface area (Å²) < 4.78 is 27.1. The summed E-state index contributed by atoms with van der Waals surface area (Å²) in [5.41, 5.74) is 0.502. The molecule has 5 nitrogen and oxygen atoms in total. The van der Waals surface area contributed by atoms with Crippen LogP contribution in [0, 0.1) is 5.92 Å². The number of ketones is 1. The molecule has 0 aliphatic heterocycles. The second-order valence-corrected chi connectivity index (χ2v) is 7.47. The van der Waals surface area contributed by atoms with Gasteiger partial charge in [-0.05, 0) is 39.1 Å². The molecule has 1 N–H and O–H groups in total.